The van der Waals surface area contributed by atoms with Crippen molar-refractivity contribution in [1.82, 2.24) is 19.9 Å². The number of unbranched alkanes of at least 4 members (excludes halogenated alkanes) is 4. The number of carbonyl (C=O) groups excluding carboxylic acids is 3. The van der Waals surface area contributed by atoms with E-state index in [4.69, 9.17) is 35.7 Å². The third-order valence-electron chi connectivity index (χ3n) is 11.1. The van der Waals surface area contributed by atoms with E-state index in [-0.39, 0.29) is 36.6 Å². The summed E-state index contributed by atoms with van der Waals surface area (Å²) in [6.07, 6.45) is 9.82. The summed E-state index contributed by atoms with van der Waals surface area (Å²) in [5, 5.41) is 18.1. The summed E-state index contributed by atoms with van der Waals surface area (Å²) in [5.74, 6) is 0.254. The van der Waals surface area contributed by atoms with Crippen molar-refractivity contribution in [3.8, 4) is 38.7 Å². The van der Waals surface area contributed by atoms with Gasteiger partial charge in [-0.3, -0.25) is 34.7 Å². The molecule has 3 N–H and O–H groups in total. The number of halogens is 3. The third kappa shape index (κ3) is 16.0. The molecule has 0 bridgehead atoms. The van der Waals surface area contributed by atoms with Crippen LogP contribution in [-0.2, 0) is 46.7 Å². The maximum absolute atomic E-state index is 12.7. The van der Waals surface area contributed by atoms with Crippen molar-refractivity contribution in [2.75, 3.05) is 4.90 Å². The van der Waals surface area contributed by atoms with Gasteiger partial charge in [-0.1, -0.05) is 98.7 Å². The van der Waals surface area contributed by atoms with Crippen LogP contribution in [0.2, 0.25) is 0 Å². The molecule has 0 aliphatic rings. The minimum absolute atomic E-state index is 0. The second kappa shape index (κ2) is 28.9. The third-order valence-corrected chi connectivity index (χ3v) is 13.1. The monoisotopic (exact) mass is 1160 g/mol. The number of carbonyl (C=O) groups is 3. The van der Waals surface area contributed by atoms with Crippen LogP contribution >= 0.6 is 34.9 Å². The number of benzene rings is 2. The molecule has 0 saturated heterocycles. The van der Waals surface area contributed by atoms with Gasteiger partial charge in [0.05, 0.1) is 44.1 Å². The largest absolute Gasteiger partial charge is 1.00 e. The number of thiocarbonyl (C=S) groups is 1. The summed E-state index contributed by atoms with van der Waals surface area (Å²) >= 11 is 6.19. The Kier molecular flexibility index (Phi) is 22.5. The van der Waals surface area contributed by atoms with Gasteiger partial charge in [0, 0.05) is 58.8 Å². The van der Waals surface area contributed by atoms with Crippen LogP contribution in [0.25, 0.3) is 54.1 Å². The fraction of sp³-hybridized carbons (Fsp3) is 0.204. The maximum Gasteiger partial charge on any atom is 1.00 e. The Morgan fingerprint density at radius 2 is 1.16 bits per heavy atom. The molecule has 2 aromatic carbocycles. The number of allylic oxidation sites excluding steroid dienone is 1. The number of pyridine rings is 4. The van der Waals surface area contributed by atoms with E-state index >= 15 is 0 Å². The summed E-state index contributed by atoms with van der Waals surface area (Å²) in [7, 11) is 0. The molecule has 0 saturated carbocycles. The molecule has 0 aliphatic heterocycles. The van der Waals surface area contributed by atoms with Gasteiger partial charge in [0.2, 0.25) is 0 Å². The predicted molar refractivity (Wildman–Crippen MR) is 289 cm³/mol. The minimum Gasteiger partial charge on any atom is -0.753 e. The van der Waals surface area contributed by atoms with Gasteiger partial charge in [0.15, 0.2) is 10.1 Å². The van der Waals surface area contributed by atoms with E-state index in [9.17, 15) is 27.6 Å². The van der Waals surface area contributed by atoms with Crippen molar-refractivity contribution in [3.05, 3.63) is 144 Å². The Bertz CT molecular complexity index is 3100. The normalized spacial score (nSPS) is 10.9. The zero-order chi connectivity index (χ0) is 53.0. The molecular formula is C54H48F3N8O6RuS3. The number of hydrogen-bond acceptors (Lipinski definition) is 16. The molecule has 0 aliphatic carbocycles. The molecule has 8 aromatic rings. The van der Waals surface area contributed by atoms with E-state index < -0.39 is 11.9 Å². The fourth-order valence-electron chi connectivity index (χ4n) is 7.56. The van der Waals surface area contributed by atoms with Crippen LogP contribution < -0.4 is 24.8 Å². The number of rotatable bonds is 21. The fourth-order valence-corrected chi connectivity index (χ4v) is 9.51. The SMILES string of the molecule is CCCCCc1ccc(N(c2ccc(CCCCC)cc2)c2ccc(/C(N)=C/C(=N)C(F)(F)F)nc2)cc1.O=COc1cc(-c2nccc3cc(OC=O)sc23)nc(-c2nccc3cc(OC=O)sc23)c1.[N-]=C=S.[Ru+]. The van der Waals surface area contributed by atoms with Gasteiger partial charge in [0.25, 0.3) is 19.4 Å². The zero-order valence-corrected chi connectivity index (χ0v) is 44.5. The molecule has 1 radical (unpaired) electrons. The van der Waals surface area contributed by atoms with Crippen molar-refractivity contribution in [1.29, 1.82) is 5.41 Å². The van der Waals surface area contributed by atoms with E-state index in [1.54, 1.807) is 67.1 Å². The number of anilines is 3. The Morgan fingerprint density at radius 3 is 1.56 bits per heavy atom. The van der Waals surface area contributed by atoms with Gasteiger partial charge >= 0.3 is 25.7 Å². The smallest absolute Gasteiger partial charge is 0.753 e. The summed E-state index contributed by atoms with van der Waals surface area (Å²) in [6.45, 7) is 5.44. The number of aryl methyl sites for hydroxylation is 2. The summed E-state index contributed by atoms with van der Waals surface area (Å²) < 4.78 is 54.8. The second-order valence-corrected chi connectivity index (χ2v) is 18.3. The minimum atomic E-state index is -4.76. The molecule has 6 aromatic heterocycles. The van der Waals surface area contributed by atoms with Gasteiger partial charge in [0.1, 0.15) is 22.8 Å². The molecular weight excluding hydrogens is 1110 g/mol. The average Bonchev–Trinajstić information content (AvgIpc) is 4.02. The van der Waals surface area contributed by atoms with Crippen LogP contribution in [0.5, 0.6) is 15.9 Å². The van der Waals surface area contributed by atoms with Crippen LogP contribution in [0.1, 0.15) is 69.2 Å². The first kappa shape index (κ1) is 58.5. The molecule has 8 rings (SSSR count). The summed E-state index contributed by atoms with van der Waals surface area (Å²) in [6, 6.07) is 30.5. The number of ether oxygens (including phenoxy) is 3. The van der Waals surface area contributed by atoms with Crippen LogP contribution in [-0.4, -0.2) is 56.4 Å². The van der Waals surface area contributed by atoms with E-state index in [1.807, 2.05) is 0 Å². The van der Waals surface area contributed by atoms with Gasteiger partial charge in [-0.25, -0.2) is 4.98 Å². The molecule has 0 spiro atoms. The van der Waals surface area contributed by atoms with E-state index in [0.29, 0.717) is 58.4 Å². The summed E-state index contributed by atoms with van der Waals surface area (Å²) in [5.41, 5.74) is 11.4. The van der Waals surface area contributed by atoms with Crippen LogP contribution in [0.4, 0.5) is 30.2 Å². The van der Waals surface area contributed by atoms with Crippen LogP contribution in [0.3, 0.4) is 0 Å². The van der Waals surface area contributed by atoms with Crippen LogP contribution in [0.15, 0.2) is 122 Å². The second-order valence-electron chi connectivity index (χ2n) is 16.1. The number of nitrogens with two attached hydrogens (primary N) is 1. The van der Waals surface area contributed by atoms with E-state index in [2.05, 4.69) is 94.4 Å². The first-order valence-corrected chi connectivity index (χ1v) is 25.1. The molecule has 387 valence electrons. The average molecular weight is 1160 g/mol. The number of isothiocyanates is 1. The molecule has 21 heteroatoms. The number of alkyl halides is 3. The number of aromatic nitrogens is 4. The van der Waals surface area contributed by atoms with Crippen molar-refractivity contribution in [2.45, 2.75) is 71.4 Å². The Morgan fingerprint density at radius 1 is 0.707 bits per heavy atom. The first-order valence-electron chi connectivity index (χ1n) is 23.0. The van der Waals surface area contributed by atoms with Crippen molar-refractivity contribution >= 4 is 108 Å². The van der Waals surface area contributed by atoms with Crippen molar-refractivity contribution in [2.24, 2.45) is 5.73 Å². The van der Waals surface area contributed by atoms with Crippen LogP contribution in [0, 0.1) is 5.41 Å². The van der Waals surface area contributed by atoms with Gasteiger partial charge < -0.3 is 30.3 Å². The maximum atomic E-state index is 12.7. The molecule has 0 unspecified atom stereocenters. The number of hydrogen-bond donors (Lipinski definition) is 2. The molecule has 6 heterocycles. The molecule has 75 heavy (non-hydrogen) atoms. The molecule has 0 fully saturated rings. The Balaban J connectivity index is 0.000000262. The quantitative estimate of drug-likeness (QED) is 0.0226. The number of thiophene rings is 2. The van der Waals surface area contributed by atoms with Crippen molar-refractivity contribution in [3.63, 3.8) is 0 Å². The number of nitrogens with zero attached hydrogens (tertiary/aromatic N) is 6. The number of fused-ring (bicyclic) bond motifs is 2. The first-order chi connectivity index (χ1) is 35.8. The topological polar surface area (TPSA) is 206 Å². The number of nitrogens with one attached hydrogen (secondary N) is 1. The van der Waals surface area contributed by atoms with Gasteiger partial charge in [-0.05, 0) is 91.4 Å². The Hall–Kier alpha value is -7.41. The molecule has 14 nitrogen and oxygen atoms in total. The van der Waals surface area contributed by atoms with Crippen molar-refractivity contribution < 1.29 is 61.2 Å². The van der Waals surface area contributed by atoms with Gasteiger partial charge in [-0.2, -0.15) is 18.3 Å². The predicted octanol–water partition coefficient (Wildman–Crippen LogP) is 13.8. The van der Waals surface area contributed by atoms with E-state index in [0.717, 1.165) is 62.9 Å². The Labute approximate surface area is 456 Å². The molecule has 0 amide bonds. The van der Waals surface area contributed by atoms with Gasteiger partial charge in [-0.15, -0.1) is 0 Å². The molecule has 0 atom stereocenters. The zero-order valence-electron chi connectivity index (χ0n) is 40.4. The standard InChI is InChI=1S/C31H37F3N4.C22H11N3O6S2.CNS.Ru/c1-3-5-7-9-23-11-15-25(16-12-23)38(26-17-13-24(14-18-26)10-8-6-4-2)27-19-20-29(37-22-27)28(35)21-30(36)31(32,33)34;26-9-29-14-7-15(19-21-12(1-3-23-19)5-17(32-21)30-10-27)25-16(8-14)20-22-13(2-4-24-20)6-18(33-22)31-11-28;2-1-3;/h11-22,36H,3-10,35H2,1-2H3;1-11H;;/q;;-1;+1/b28-21-,36-30?;;;. The summed E-state index contributed by atoms with van der Waals surface area (Å²) in [4.78, 5) is 52.6. The van der Waals surface area contributed by atoms with E-state index in [1.165, 1.54) is 64.6 Å².